The van der Waals surface area contributed by atoms with Crippen LogP contribution in [-0.4, -0.2) is 45.2 Å². The average Bonchev–Trinajstić information content (AvgIpc) is 2.86. The summed E-state index contributed by atoms with van der Waals surface area (Å²) in [5.41, 5.74) is 2.27. The first-order valence-corrected chi connectivity index (χ1v) is 13.4. The molecule has 1 aromatic heterocycles. The van der Waals surface area contributed by atoms with Crippen molar-refractivity contribution in [2.75, 3.05) is 29.4 Å². The third-order valence-electron chi connectivity index (χ3n) is 5.44. The largest absolute Gasteiger partial charge is 0.492 e. The van der Waals surface area contributed by atoms with Gasteiger partial charge in [0, 0.05) is 43.2 Å². The van der Waals surface area contributed by atoms with E-state index in [1.54, 1.807) is 62.6 Å². The lowest BCUT2D eigenvalue weighted by Gasteiger charge is -2.31. The Labute approximate surface area is 213 Å². The highest BCUT2D eigenvalue weighted by molar-refractivity contribution is 7.92. The van der Waals surface area contributed by atoms with E-state index in [0.29, 0.717) is 31.0 Å². The molecular formula is C27H33N3O5S. The minimum absolute atomic E-state index is 0.117. The number of sulfonamides is 1. The number of ether oxygens (including phenoxy) is 2. The summed E-state index contributed by atoms with van der Waals surface area (Å²) in [5.74, 6) is 0.212. The third-order valence-corrected chi connectivity index (χ3v) is 7.40. The summed E-state index contributed by atoms with van der Waals surface area (Å²) in [4.78, 5) is 16.1. The monoisotopic (exact) mass is 511 g/mol. The molecule has 0 aliphatic carbocycles. The summed E-state index contributed by atoms with van der Waals surface area (Å²) in [6.45, 7) is 6.66. The Kier molecular flexibility index (Phi) is 9.69. The van der Waals surface area contributed by atoms with Gasteiger partial charge in [-0.1, -0.05) is 18.2 Å². The standard InChI is InChI=1S/C27H33N3O5S/c1-4-34-27(31)11-10-22(3)30(36(32,33)26-8-6-5-7-9-26)24-18-21(2)19-25(20-24)35-17-16-29-23-12-14-28-15-13-23/h5-9,12-15,18-20,22H,4,10-11,16-17H2,1-3H3,(H,28,29). The summed E-state index contributed by atoms with van der Waals surface area (Å²) >= 11 is 0. The number of rotatable bonds is 13. The fraction of sp³-hybridized carbons (Fsp3) is 0.333. The molecule has 1 unspecified atom stereocenters. The number of esters is 1. The van der Waals surface area contributed by atoms with Gasteiger partial charge in [-0.3, -0.25) is 14.1 Å². The second-order valence-electron chi connectivity index (χ2n) is 8.32. The first kappa shape index (κ1) is 27.0. The molecule has 36 heavy (non-hydrogen) atoms. The lowest BCUT2D eigenvalue weighted by Crippen LogP contribution is -2.39. The number of nitrogens with zero attached hydrogens (tertiary/aromatic N) is 2. The fourth-order valence-corrected chi connectivity index (χ4v) is 5.48. The molecule has 1 atom stereocenters. The molecule has 3 rings (SSSR count). The van der Waals surface area contributed by atoms with Crippen molar-refractivity contribution in [3.05, 3.63) is 78.6 Å². The van der Waals surface area contributed by atoms with E-state index in [0.717, 1.165) is 11.3 Å². The zero-order valence-corrected chi connectivity index (χ0v) is 21.7. The van der Waals surface area contributed by atoms with Crippen LogP contribution in [0.2, 0.25) is 0 Å². The summed E-state index contributed by atoms with van der Waals surface area (Å²) in [6, 6.07) is 16.9. The molecule has 2 aromatic carbocycles. The van der Waals surface area contributed by atoms with E-state index in [-0.39, 0.29) is 23.9 Å². The third kappa shape index (κ3) is 7.45. The van der Waals surface area contributed by atoms with Crippen molar-refractivity contribution in [2.24, 2.45) is 0 Å². The number of hydrogen-bond donors (Lipinski definition) is 1. The van der Waals surface area contributed by atoms with Crippen molar-refractivity contribution in [3.63, 3.8) is 0 Å². The number of anilines is 2. The summed E-state index contributed by atoms with van der Waals surface area (Å²) < 4.78 is 39.8. The van der Waals surface area contributed by atoms with Crippen LogP contribution in [0.5, 0.6) is 5.75 Å². The number of nitrogens with one attached hydrogen (secondary N) is 1. The minimum atomic E-state index is -3.90. The second kappa shape index (κ2) is 12.9. The van der Waals surface area contributed by atoms with Gasteiger partial charge in [-0.25, -0.2) is 8.42 Å². The lowest BCUT2D eigenvalue weighted by atomic mass is 10.1. The van der Waals surface area contributed by atoms with Crippen LogP contribution in [0.25, 0.3) is 0 Å². The van der Waals surface area contributed by atoms with E-state index in [4.69, 9.17) is 9.47 Å². The number of aryl methyl sites for hydroxylation is 1. The van der Waals surface area contributed by atoms with Crippen molar-refractivity contribution >= 4 is 27.4 Å². The molecule has 0 aliphatic rings. The predicted octanol–water partition coefficient (Wildman–Crippen LogP) is 4.81. The van der Waals surface area contributed by atoms with Crippen LogP contribution in [0.4, 0.5) is 11.4 Å². The van der Waals surface area contributed by atoms with Crippen molar-refractivity contribution in [3.8, 4) is 5.75 Å². The average molecular weight is 512 g/mol. The summed E-state index contributed by atoms with van der Waals surface area (Å²) in [6.07, 6.45) is 3.85. The van der Waals surface area contributed by atoms with Gasteiger partial charge in [0.15, 0.2) is 0 Å². The topological polar surface area (TPSA) is 97.8 Å². The van der Waals surface area contributed by atoms with Crippen molar-refractivity contribution < 1.29 is 22.7 Å². The van der Waals surface area contributed by atoms with Gasteiger partial charge in [-0.2, -0.15) is 0 Å². The van der Waals surface area contributed by atoms with E-state index in [1.165, 1.54) is 4.31 Å². The Morgan fingerprint density at radius 3 is 2.50 bits per heavy atom. The Hall–Kier alpha value is -3.59. The van der Waals surface area contributed by atoms with Gasteiger partial charge in [0.05, 0.1) is 17.2 Å². The number of hydrogen-bond acceptors (Lipinski definition) is 7. The van der Waals surface area contributed by atoms with Gasteiger partial charge in [-0.15, -0.1) is 0 Å². The van der Waals surface area contributed by atoms with Gasteiger partial charge < -0.3 is 14.8 Å². The zero-order chi connectivity index (χ0) is 26.0. The maximum Gasteiger partial charge on any atom is 0.305 e. The van der Waals surface area contributed by atoms with Gasteiger partial charge in [0.2, 0.25) is 0 Å². The second-order valence-corrected chi connectivity index (χ2v) is 10.1. The van der Waals surface area contributed by atoms with Gasteiger partial charge >= 0.3 is 5.97 Å². The molecule has 3 aromatic rings. The molecule has 0 amide bonds. The van der Waals surface area contributed by atoms with Crippen LogP contribution < -0.4 is 14.4 Å². The molecule has 1 N–H and O–H groups in total. The van der Waals surface area contributed by atoms with E-state index in [1.807, 2.05) is 31.2 Å². The van der Waals surface area contributed by atoms with E-state index >= 15 is 0 Å². The van der Waals surface area contributed by atoms with E-state index < -0.39 is 16.1 Å². The number of pyridine rings is 1. The fourth-order valence-electron chi connectivity index (χ4n) is 3.79. The van der Waals surface area contributed by atoms with Crippen LogP contribution in [0, 0.1) is 6.92 Å². The Bertz CT molecular complexity index is 1220. The van der Waals surface area contributed by atoms with Crippen molar-refractivity contribution in [2.45, 2.75) is 44.6 Å². The quantitative estimate of drug-likeness (QED) is 0.260. The zero-order valence-electron chi connectivity index (χ0n) is 20.9. The number of benzene rings is 2. The maximum absolute atomic E-state index is 13.7. The molecule has 0 saturated heterocycles. The highest BCUT2D eigenvalue weighted by Gasteiger charge is 2.30. The molecule has 0 radical (unpaired) electrons. The number of carbonyl (C=O) groups is 1. The van der Waals surface area contributed by atoms with E-state index in [9.17, 15) is 13.2 Å². The molecule has 192 valence electrons. The highest BCUT2D eigenvalue weighted by atomic mass is 32.2. The summed E-state index contributed by atoms with van der Waals surface area (Å²) in [5, 5.41) is 3.25. The molecule has 0 bridgehead atoms. The Morgan fingerprint density at radius 2 is 1.81 bits per heavy atom. The smallest absolute Gasteiger partial charge is 0.305 e. The van der Waals surface area contributed by atoms with Crippen molar-refractivity contribution in [1.82, 2.24) is 4.98 Å². The Balaban J connectivity index is 1.83. The van der Waals surface area contributed by atoms with Crippen LogP contribution in [0.1, 0.15) is 32.3 Å². The highest BCUT2D eigenvalue weighted by Crippen LogP contribution is 2.32. The van der Waals surface area contributed by atoms with Crippen LogP contribution in [0.15, 0.2) is 78.0 Å². The van der Waals surface area contributed by atoms with Crippen molar-refractivity contribution in [1.29, 1.82) is 0 Å². The molecular weight excluding hydrogens is 478 g/mol. The predicted molar refractivity (Wildman–Crippen MR) is 141 cm³/mol. The normalized spacial score (nSPS) is 12.0. The number of carbonyl (C=O) groups excluding carboxylic acids is 1. The molecule has 0 spiro atoms. The van der Waals surface area contributed by atoms with Crippen LogP contribution in [0.3, 0.4) is 0 Å². The van der Waals surface area contributed by atoms with Gasteiger partial charge in [-0.05, 0) is 69.2 Å². The first-order chi connectivity index (χ1) is 17.3. The molecule has 9 heteroatoms. The Morgan fingerprint density at radius 1 is 1.08 bits per heavy atom. The lowest BCUT2D eigenvalue weighted by molar-refractivity contribution is -0.143. The van der Waals surface area contributed by atoms with Crippen LogP contribution in [-0.2, 0) is 19.6 Å². The van der Waals surface area contributed by atoms with Gasteiger partial charge in [0.25, 0.3) is 10.0 Å². The van der Waals surface area contributed by atoms with Crippen LogP contribution >= 0.6 is 0 Å². The van der Waals surface area contributed by atoms with E-state index in [2.05, 4.69) is 10.3 Å². The SMILES string of the molecule is CCOC(=O)CCC(C)N(c1cc(C)cc(OCCNc2ccncc2)c1)S(=O)(=O)c1ccccc1. The van der Waals surface area contributed by atoms with Gasteiger partial charge in [0.1, 0.15) is 12.4 Å². The first-order valence-electron chi connectivity index (χ1n) is 11.9. The minimum Gasteiger partial charge on any atom is -0.492 e. The molecule has 1 heterocycles. The maximum atomic E-state index is 13.7. The molecule has 0 aliphatic heterocycles. The summed E-state index contributed by atoms with van der Waals surface area (Å²) in [7, 11) is -3.90. The number of aromatic nitrogens is 1. The molecule has 0 saturated carbocycles. The molecule has 8 nitrogen and oxygen atoms in total. The molecule has 0 fully saturated rings.